The fourth-order valence-corrected chi connectivity index (χ4v) is 2.12. The van der Waals surface area contributed by atoms with E-state index in [9.17, 15) is 20.1 Å². The molecule has 6 nitrogen and oxygen atoms in total. The van der Waals surface area contributed by atoms with Gasteiger partial charge in [-0.15, -0.1) is 0 Å². The molecule has 0 aliphatic heterocycles. The summed E-state index contributed by atoms with van der Waals surface area (Å²) >= 11 is 0. The quantitative estimate of drug-likeness (QED) is 0.464. The molecule has 3 rings (SSSR count). The summed E-state index contributed by atoms with van der Waals surface area (Å²) in [4.78, 5) is 12.4. The van der Waals surface area contributed by atoms with Gasteiger partial charge in [0.05, 0.1) is 12.5 Å². The molecule has 102 valence electrons. The van der Waals surface area contributed by atoms with E-state index in [2.05, 4.69) is 0 Å². The molecule has 0 bridgehead atoms. The third kappa shape index (κ3) is 1.48. The van der Waals surface area contributed by atoms with Crippen LogP contribution in [0.2, 0.25) is 0 Å². The predicted octanol–water partition coefficient (Wildman–Crippen LogP) is 2.07. The van der Waals surface area contributed by atoms with Gasteiger partial charge in [-0.2, -0.15) is 0 Å². The van der Waals surface area contributed by atoms with Gasteiger partial charge < -0.3 is 24.5 Å². The van der Waals surface area contributed by atoms with E-state index in [0.29, 0.717) is 0 Å². The maximum Gasteiger partial charge on any atom is 0.205 e. The summed E-state index contributed by atoms with van der Waals surface area (Å²) in [6, 6.07) is 5.61. The van der Waals surface area contributed by atoms with Crippen LogP contribution in [-0.2, 0) is 0 Å². The predicted molar refractivity (Wildman–Crippen MR) is 71.5 cm³/mol. The van der Waals surface area contributed by atoms with Gasteiger partial charge in [-0.05, 0) is 18.2 Å². The summed E-state index contributed by atoms with van der Waals surface area (Å²) in [5.41, 5.74) is -0.568. The molecule has 0 atom stereocenters. The highest BCUT2D eigenvalue weighted by Crippen LogP contribution is 2.41. The maximum absolute atomic E-state index is 12.4. The second-order valence-electron chi connectivity index (χ2n) is 4.23. The van der Waals surface area contributed by atoms with Crippen LogP contribution in [0.5, 0.6) is 23.0 Å². The van der Waals surface area contributed by atoms with Gasteiger partial charge in [0, 0.05) is 0 Å². The van der Waals surface area contributed by atoms with Gasteiger partial charge in [-0.1, -0.05) is 6.07 Å². The van der Waals surface area contributed by atoms with Crippen LogP contribution in [0, 0.1) is 0 Å². The zero-order valence-corrected chi connectivity index (χ0v) is 10.4. The second-order valence-corrected chi connectivity index (χ2v) is 4.23. The normalized spacial score (nSPS) is 11.1. The van der Waals surface area contributed by atoms with Gasteiger partial charge in [0.2, 0.25) is 16.9 Å². The minimum absolute atomic E-state index is 0.00569. The van der Waals surface area contributed by atoms with Crippen molar-refractivity contribution in [2.24, 2.45) is 0 Å². The average molecular weight is 274 g/mol. The number of methoxy groups -OCH3 is 1. The molecule has 20 heavy (non-hydrogen) atoms. The molecule has 0 aliphatic rings. The third-order valence-corrected chi connectivity index (χ3v) is 3.10. The zero-order chi connectivity index (χ0) is 14.4. The van der Waals surface area contributed by atoms with E-state index in [1.165, 1.54) is 31.4 Å². The third-order valence-electron chi connectivity index (χ3n) is 3.10. The molecule has 0 unspecified atom stereocenters. The number of hydrogen-bond acceptors (Lipinski definition) is 6. The summed E-state index contributed by atoms with van der Waals surface area (Å²) in [7, 11) is 1.29. The number of rotatable bonds is 1. The second kappa shape index (κ2) is 4.06. The minimum atomic E-state index is -0.582. The summed E-state index contributed by atoms with van der Waals surface area (Å²) in [5.74, 6) is -1.37. The van der Waals surface area contributed by atoms with E-state index in [1.807, 2.05) is 0 Å². The topological polar surface area (TPSA) is 100 Å². The average Bonchev–Trinajstić information content (AvgIpc) is 2.43. The van der Waals surface area contributed by atoms with Crippen LogP contribution in [0.15, 0.2) is 33.5 Å². The molecule has 1 aromatic heterocycles. The molecule has 6 heteroatoms. The molecule has 0 aliphatic carbocycles. The molecular weight excluding hydrogens is 264 g/mol. The van der Waals surface area contributed by atoms with E-state index in [4.69, 9.17) is 9.15 Å². The lowest BCUT2D eigenvalue weighted by molar-refractivity contribution is 0.351. The number of benzene rings is 2. The number of fused-ring (bicyclic) bond motifs is 2. The Kier molecular flexibility index (Phi) is 2.47. The van der Waals surface area contributed by atoms with Gasteiger partial charge in [-0.25, -0.2) is 0 Å². The fourth-order valence-electron chi connectivity index (χ4n) is 2.12. The Labute approximate surface area is 112 Å². The highest BCUT2D eigenvalue weighted by atomic mass is 16.5. The summed E-state index contributed by atoms with van der Waals surface area (Å²) < 4.78 is 10.3. The number of phenolic OH excluding ortho intramolecular Hbond substituents is 3. The van der Waals surface area contributed by atoms with Gasteiger partial charge in [0.25, 0.3) is 0 Å². The van der Waals surface area contributed by atoms with Crippen molar-refractivity contribution >= 4 is 21.9 Å². The Morgan fingerprint density at radius 2 is 1.90 bits per heavy atom. The first kappa shape index (κ1) is 12.2. The molecule has 0 saturated carbocycles. The molecule has 0 fully saturated rings. The van der Waals surface area contributed by atoms with E-state index in [-0.39, 0.29) is 33.4 Å². The smallest absolute Gasteiger partial charge is 0.205 e. The summed E-state index contributed by atoms with van der Waals surface area (Å²) in [6.07, 6.45) is 0. The van der Waals surface area contributed by atoms with E-state index >= 15 is 0 Å². The first-order chi connectivity index (χ1) is 9.54. The minimum Gasteiger partial charge on any atom is -0.507 e. The number of hydrogen-bond donors (Lipinski definition) is 3. The first-order valence-electron chi connectivity index (χ1n) is 5.72. The van der Waals surface area contributed by atoms with Gasteiger partial charge >= 0.3 is 0 Å². The van der Waals surface area contributed by atoms with Crippen LogP contribution in [0.4, 0.5) is 0 Å². The lowest BCUT2D eigenvalue weighted by Crippen LogP contribution is -2.03. The maximum atomic E-state index is 12.4. The summed E-state index contributed by atoms with van der Waals surface area (Å²) in [5, 5.41) is 29.4. The Morgan fingerprint density at radius 3 is 2.60 bits per heavy atom. The molecule has 3 aromatic rings. The van der Waals surface area contributed by atoms with Crippen LogP contribution >= 0.6 is 0 Å². The molecule has 3 N–H and O–H groups in total. The van der Waals surface area contributed by atoms with Crippen LogP contribution < -0.4 is 10.2 Å². The highest BCUT2D eigenvalue weighted by molar-refractivity contribution is 5.97. The van der Waals surface area contributed by atoms with E-state index in [1.54, 1.807) is 0 Å². The molecule has 2 aromatic carbocycles. The van der Waals surface area contributed by atoms with Gasteiger partial charge in [0.1, 0.15) is 16.7 Å². The molecule has 1 heterocycles. The number of ether oxygens (including phenoxy) is 1. The first-order valence-corrected chi connectivity index (χ1v) is 5.72. The highest BCUT2D eigenvalue weighted by Gasteiger charge is 2.19. The molecule has 0 amide bonds. The lowest BCUT2D eigenvalue weighted by Gasteiger charge is -2.09. The Bertz CT molecular complexity index is 894. The van der Waals surface area contributed by atoms with Crippen LogP contribution in [0.3, 0.4) is 0 Å². The van der Waals surface area contributed by atoms with Crippen molar-refractivity contribution in [2.75, 3.05) is 7.11 Å². The van der Waals surface area contributed by atoms with Crippen molar-refractivity contribution in [1.29, 1.82) is 0 Å². The Balaban J connectivity index is 2.61. The van der Waals surface area contributed by atoms with E-state index in [0.717, 1.165) is 0 Å². The molecule has 0 spiro atoms. The number of aromatic hydroxyl groups is 3. The molecule has 0 saturated heterocycles. The molecular formula is C14H10O6. The largest absolute Gasteiger partial charge is 0.507 e. The van der Waals surface area contributed by atoms with Crippen molar-refractivity contribution in [3.05, 3.63) is 34.5 Å². The monoisotopic (exact) mass is 274 g/mol. The van der Waals surface area contributed by atoms with Crippen molar-refractivity contribution < 1.29 is 24.5 Å². The van der Waals surface area contributed by atoms with Crippen molar-refractivity contribution in [3.63, 3.8) is 0 Å². The fraction of sp³-hybridized carbons (Fsp3) is 0.0714. The van der Waals surface area contributed by atoms with Crippen molar-refractivity contribution in [1.82, 2.24) is 0 Å². The SMILES string of the molecule is COc1cc2c(=O)c3c(O)cccc3oc2c(O)c1O. The Morgan fingerprint density at radius 1 is 1.15 bits per heavy atom. The lowest BCUT2D eigenvalue weighted by atomic mass is 10.1. The summed E-state index contributed by atoms with van der Waals surface area (Å²) in [6.45, 7) is 0. The number of phenols is 3. The van der Waals surface area contributed by atoms with Gasteiger partial charge in [0.15, 0.2) is 11.3 Å². The van der Waals surface area contributed by atoms with Crippen LogP contribution in [-0.4, -0.2) is 22.4 Å². The standard InChI is InChI=1S/C14H10O6/c1-19-9-5-6-11(16)10-7(15)3-2-4-8(10)20-14(6)13(18)12(9)17/h2-5,15,17-18H,1H3. The van der Waals surface area contributed by atoms with Crippen molar-refractivity contribution in [2.45, 2.75) is 0 Å². The van der Waals surface area contributed by atoms with Crippen LogP contribution in [0.1, 0.15) is 0 Å². The van der Waals surface area contributed by atoms with E-state index < -0.39 is 16.9 Å². The zero-order valence-electron chi connectivity index (χ0n) is 10.4. The van der Waals surface area contributed by atoms with Crippen LogP contribution in [0.25, 0.3) is 21.9 Å². The molecule has 0 radical (unpaired) electrons. The van der Waals surface area contributed by atoms with Crippen molar-refractivity contribution in [3.8, 4) is 23.0 Å². The van der Waals surface area contributed by atoms with Gasteiger partial charge in [-0.3, -0.25) is 4.79 Å². The Hall–Kier alpha value is -2.89.